The van der Waals surface area contributed by atoms with Crippen LogP contribution in [-0.4, -0.2) is 13.1 Å². The van der Waals surface area contributed by atoms with Crippen molar-refractivity contribution in [3.05, 3.63) is 33.8 Å². The van der Waals surface area contributed by atoms with Crippen LogP contribution in [0.25, 0.3) is 0 Å². The molecule has 0 amide bonds. The van der Waals surface area contributed by atoms with Gasteiger partial charge in [-0.25, -0.2) is 0 Å². The maximum absolute atomic E-state index is 6.26. The Labute approximate surface area is 120 Å². The molecule has 18 heavy (non-hydrogen) atoms. The molecule has 1 N–H and O–H groups in total. The molecule has 1 aromatic rings. The van der Waals surface area contributed by atoms with E-state index in [-0.39, 0.29) is 0 Å². The van der Waals surface area contributed by atoms with E-state index in [9.17, 15) is 0 Å². The first kappa shape index (κ1) is 14.2. The van der Waals surface area contributed by atoms with Gasteiger partial charge in [0.25, 0.3) is 0 Å². The van der Waals surface area contributed by atoms with E-state index in [4.69, 9.17) is 23.2 Å². The average Bonchev–Trinajstić information content (AvgIpc) is 3.05. The molecule has 1 aliphatic rings. The first-order valence-corrected chi connectivity index (χ1v) is 7.42. The topological polar surface area (TPSA) is 12.0 Å². The Morgan fingerprint density at radius 2 is 2.00 bits per heavy atom. The van der Waals surface area contributed by atoms with Crippen LogP contribution in [0.2, 0.25) is 10.0 Å². The second-order valence-corrected chi connectivity index (χ2v) is 6.70. The van der Waals surface area contributed by atoms with Crippen LogP contribution in [0.15, 0.2) is 18.2 Å². The molecular formula is C15H21Cl2N. The molecule has 1 aliphatic carbocycles. The molecule has 0 atom stereocenters. The van der Waals surface area contributed by atoms with Crippen LogP contribution in [-0.2, 0) is 6.42 Å². The van der Waals surface area contributed by atoms with Crippen molar-refractivity contribution in [1.29, 1.82) is 0 Å². The van der Waals surface area contributed by atoms with E-state index in [1.807, 2.05) is 12.1 Å². The van der Waals surface area contributed by atoms with Gasteiger partial charge in [-0.15, -0.1) is 0 Å². The minimum atomic E-state index is 0.420. The van der Waals surface area contributed by atoms with Crippen molar-refractivity contribution >= 4 is 23.2 Å². The summed E-state index contributed by atoms with van der Waals surface area (Å²) in [6.07, 6.45) is 3.62. The molecule has 100 valence electrons. The van der Waals surface area contributed by atoms with Gasteiger partial charge in [0, 0.05) is 6.54 Å². The maximum atomic E-state index is 6.26. The van der Waals surface area contributed by atoms with Gasteiger partial charge in [0.1, 0.15) is 0 Å². The first-order chi connectivity index (χ1) is 8.52. The highest BCUT2D eigenvalue weighted by atomic mass is 35.5. The number of nitrogens with one attached hydrogen (secondary N) is 1. The summed E-state index contributed by atoms with van der Waals surface area (Å²) in [6.45, 7) is 6.65. The molecule has 0 unspecified atom stereocenters. The molecule has 0 heterocycles. The van der Waals surface area contributed by atoms with E-state index >= 15 is 0 Å². The number of hydrogen-bond donors (Lipinski definition) is 1. The Kier molecular flexibility index (Phi) is 4.58. The van der Waals surface area contributed by atoms with Crippen molar-refractivity contribution < 1.29 is 0 Å². The Balaban J connectivity index is 1.94. The third kappa shape index (κ3) is 3.63. The lowest BCUT2D eigenvalue weighted by Gasteiger charge is -2.18. The molecule has 0 aromatic heterocycles. The summed E-state index contributed by atoms with van der Waals surface area (Å²) in [4.78, 5) is 0. The standard InChI is InChI=1S/C15H21Cl2N/c1-11(2)9-18-10-15(6-7-15)8-12-4-3-5-13(16)14(12)17/h3-5,11,18H,6-10H2,1-2H3. The average molecular weight is 286 g/mol. The second kappa shape index (κ2) is 5.81. The van der Waals surface area contributed by atoms with E-state index < -0.39 is 0 Å². The van der Waals surface area contributed by atoms with E-state index in [1.165, 1.54) is 18.4 Å². The fourth-order valence-corrected chi connectivity index (χ4v) is 2.69. The Morgan fingerprint density at radius 3 is 2.61 bits per heavy atom. The van der Waals surface area contributed by atoms with Crippen LogP contribution in [0, 0.1) is 11.3 Å². The van der Waals surface area contributed by atoms with Crippen molar-refractivity contribution in [3.63, 3.8) is 0 Å². The van der Waals surface area contributed by atoms with E-state index in [2.05, 4.69) is 25.2 Å². The highest BCUT2D eigenvalue weighted by Gasteiger charge is 2.42. The summed E-state index contributed by atoms with van der Waals surface area (Å²) in [7, 11) is 0. The van der Waals surface area contributed by atoms with Crippen LogP contribution in [0.4, 0.5) is 0 Å². The summed E-state index contributed by atoms with van der Waals surface area (Å²) in [5.74, 6) is 0.704. The minimum Gasteiger partial charge on any atom is -0.316 e. The smallest absolute Gasteiger partial charge is 0.0624 e. The zero-order chi connectivity index (χ0) is 13.2. The predicted molar refractivity (Wildman–Crippen MR) is 79.5 cm³/mol. The largest absolute Gasteiger partial charge is 0.316 e. The van der Waals surface area contributed by atoms with Gasteiger partial charge in [0.05, 0.1) is 10.0 Å². The quantitative estimate of drug-likeness (QED) is 0.808. The third-order valence-corrected chi connectivity index (χ3v) is 4.46. The summed E-state index contributed by atoms with van der Waals surface area (Å²) >= 11 is 12.3. The van der Waals surface area contributed by atoms with Gasteiger partial charge in [-0.3, -0.25) is 0 Å². The van der Waals surface area contributed by atoms with Crippen molar-refractivity contribution in [1.82, 2.24) is 5.32 Å². The van der Waals surface area contributed by atoms with E-state index in [0.717, 1.165) is 24.5 Å². The Hall–Kier alpha value is -0.240. The molecule has 0 spiro atoms. The molecular weight excluding hydrogens is 265 g/mol. The lowest BCUT2D eigenvalue weighted by Crippen LogP contribution is -2.28. The molecule has 0 radical (unpaired) electrons. The molecule has 1 fully saturated rings. The molecule has 3 heteroatoms. The zero-order valence-corrected chi connectivity index (χ0v) is 12.6. The summed E-state index contributed by atoms with van der Waals surface area (Å²) in [5, 5.41) is 4.96. The predicted octanol–water partition coefficient (Wildman–Crippen LogP) is 4.56. The molecule has 2 rings (SSSR count). The van der Waals surface area contributed by atoms with E-state index in [0.29, 0.717) is 16.4 Å². The fraction of sp³-hybridized carbons (Fsp3) is 0.600. The molecule has 0 aliphatic heterocycles. The lowest BCUT2D eigenvalue weighted by molar-refractivity contribution is 0.432. The van der Waals surface area contributed by atoms with Crippen LogP contribution < -0.4 is 5.32 Å². The number of benzene rings is 1. The molecule has 0 bridgehead atoms. The number of rotatable bonds is 6. The normalized spacial score (nSPS) is 17.2. The third-order valence-electron chi connectivity index (χ3n) is 3.61. The fourth-order valence-electron chi connectivity index (χ4n) is 2.31. The van der Waals surface area contributed by atoms with Crippen molar-refractivity contribution in [2.45, 2.75) is 33.1 Å². The second-order valence-electron chi connectivity index (χ2n) is 5.91. The summed E-state index contributed by atoms with van der Waals surface area (Å²) in [6, 6.07) is 5.93. The number of hydrogen-bond acceptors (Lipinski definition) is 1. The molecule has 1 saturated carbocycles. The highest BCUT2D eigenvalue weighted by molar-refractivity contribution is 6.42. The molecule has 1 aromatic carbocycles. The van der Waals surface area contributed by atoms with Crippen LogP contribution in [0.1, 0.15) is 32.3 Å². The van der Waals surface area contributed by atoms with Crippen molar-refractivity contribution in [2.75, 3.05) is 13.1 Å². The van der Waals surface area contributed by atoms with Crippen LogP contribution in [0.5, 0.6) is 0 Å². The van der Waals surface area contributed by atoms with Gasteiger partial charge >= 0.3 is 0 Å². The Morgan fingerprint density at radius 1 is 1.28 bits per heavy atom. The monoisotopic (exact) mass is 285 g/mol. The van der Waals surface area contributed by atoms with E-state index in [1.54, 1.807) is 0 Å². The van der Waals surface area contributed by atoms with Gasteiger partial charge in [-0.2, -0.15) is 0 Å². The molecule has 1 nitrogen and oxygen atoms in total. The van der Waals surface area contributed by atoms with Crippen molar-refractivity contribution in [3.8, 4) is 0 Å². The van der Waals surface area contributed by atoms with Gasteiger partial charge < -0.3 is 5.32 Å². The van der Waals surface area contributed by atoms with Gasteiger partial charge in [-0.1, -0.05) is 49.2 Å². The minimum absolute atomic E-state index is 0.420. The SMILES string of the molecule is CC(C)CNCC1(Cc2cccc(Cl)c2Cl)CC1. The lowest BCUT2D eigenvalue weighted by atomic mass is 9.96. The number of halogens is 2. The van der Waals surface area contributed by atoms with Gasteiger partial charge in [0.15, 0.2) is 0 Å². The van der Waals surface area contributed by atoms with Crippen LogP contribution >= 0.6 is 23.2 Å². The summed E-state index contributed by atoms with van der Waals surface area (Å²) in [5.41, 5.74) is 1.61. The first-order valence-electron chi connectivity index (χ1n) is 6.66. The van der Waals surface area contributed by atoms with Gasteiger partial charge in [-0.05, 0) is 48.8 Å². The highest BCUT2D eigenvalue weighted by Crippen LogP contribution is 2.49. The maximum Gasteiger partial charge on any atom is 0.0624 e. The zero-order valence-electron chi connectivity index (χ0n) is 11.1. The summed E-state index contributed by atoms with van der Waals surface area (Å²) < 4.78 is 0. The Bertz CT molecular complexity index is 411. The van der Waals surface area contributed by atoms with Crippen molar-refractivity contribution in [2.24, 2.45) is 11.3 Å². The molecule has 0 saturated heterocycles. The van der Waals surface area contributed by atoms with Gasteiger partial charge in [0.2, 0.25) is 0 Å². The van der Waals surface area contributed by atoms with Crippen LogP contribution in [0.3, 0.4) is 0 Å².